The zero-order valence-electron chi connectivity index (χ0n) is 8.33. The number of nitriles is 1. The molecule has 1 aromatic carbocycles. The summed E-state index contributed by atoms with van der Waals surface area (Å²) in [6.45, 7) is 0. The van der Waals surface area contributed by atoms with E-state index in [4.69, 9.17) is 16.9 Å². The third-order valence-corrected chi connectivity index (χ3v) is 2.49. The highest BCUT2D eigenvalue weighted by Crippen LogP contribution is 2.28. The van der Waals surface area contributed by atoms with Crippen LogP contribution in [-0.4, -0.2) is 25.3 Å². The highest BCUT2D eigenvalue weighted by molar-refractivity contribution is 14.1. The fourth-order valence-electron chi connectivity index (χ4n) is 0.950. The van der Waals surface area contributed by atoms with Gasteiger partial charge in [-0.15, -0.1) is 0 Å². The summed E-state index contributed by atoms with van der Waals surface area (Å²) in [6, 6.07) is 5.62. The molecule has 1 rings (SSSR count). The van der Waals surface area contributed by atoms with Gasteiger partial charge in [-0.05, 0) is 34.7 Å². The number of hydrogen-bond donors (Lipinski definition) is 0. The molecule has 0 aliphatic carbocycles. The third kappa shape index (κ3) is 3.36. The molecule has 0 heterocycles. The topological polar surface area (TPSA) is 39.4 Å². The van der Waals surface area contributed by atoms with E-state index in [1.54, 1.807) is 17.3 Å². The Labute approximate surface area is 108 Å². The SMILES string of the molecule is CN(C)C=Nc1cc(I)cc(Cl)c1C#N. The standard InChI is InChI=1S/C10H9ClIN3/c1-15(2)6-14-10-4-7(12)3-9(11)8(10)5-13/h3-4,6H,1-2H3. The normalized spacial score (nSPS) is 10.3. The summed E-state index contributed by atoms with van der Waals surface area (Å²) in [4.78, 5) is 5.99. The van der Waals surface area contributed by atoms with E-state index < -0.39 is 0 Å². The Bertz CT molecular complexity index is 435. The van der Waals surface area contributed by atoms with E-state index in [2.05, 4.69) is 27.6 Å². The smallest absolute Gasteiger partial charge is 0.103 e. The first-order valence-electron chi connectivity index (χ1n) is 4.14. The van der Waals surface area contributed by atoms with Crippen molar-refractivity contribution in [3.05, 3.63) is 26.3 Å². The first-order chi connectivity index (χ1) is 7.04. The highest BCUT2D eigenvalue weighted by Gasteiger charge is 2.07. The number of rotatable bonds is 2. The minimum Gasteiger partial charge on any atom is -0.369 e. The van der Waals surface area contributed by atoms with Crippen LogP contribution in [0.25, 0.3) is 0 Å². The van der Waals surface area contributed by atoms with Crippen LogP contribution in [0.3, 0.4) is 0 Å². The van der Waals surface area contributed by atoms with Crippen LogP contribution >= 0.6 is 34.2 Å². The molecule has 0 radical (unpaired) electrons. The van der Waals surface area contributed by atoms with Crippen molar-refractivity contribution in [3.63, 3.8) is 0 Å². The Morgan fingerprint density at radius 1 is 1.53 bits per heavy atom. The van der Waals surface area contributed by atoms with Gasteiger partial charge in [0.1, 0.15) is 6.07 Å². The summed E-state index contributed by atoms with van der Waals surface area (Å²) < 4.78 is 0.961. The van der Waals surface area contributed by atoms with Gasteiger partial charge in [0.25, 0.3) is 0 Å². The zero-order chi connectivity index (χ0) is 11.4. The maximum atomic E-state index is 8.93. The lowest BCUT2D eigenvalue weighted by Gasteiger charge is -2.05. The molecule has 15 heavy (non-hydrogen) atoms. The van der Waals surface area contributed by atoms with Gasteiger partial charge in [-0.1, -0.05) is 11.6 Å². The maximum Gasteiger partial charge on any atom is 0.103 e. The fourth-order valence-corrected chi connectivity index (χ4v) is 2.00. The van der Waals surface area contributed by atoms with Crippen LogP contribution in [-0.2, 0) is 0 Å². The number of hydrogen-bond acceptors (Lipinski definition) is 2. The third-order valence-electron chi connectivity index (χ3n) is 1.57. The molecule has 0 fully saturated rings. The van der Waals surface area contributed by atoms with Crippen LogP contribution in [0.1, 0.15) is 5.56 Å². The van der Waals surface area contributed by atoms with Crippen molar-refractivity contribution in [2.24, 2.45) is 4.99 Å². The molecule has 0 bridgehead atoms. The minimum absolute atomic E-state index is 0.412. The number of nitrogens with zero attached hydrogens (tertiary/aromatic N) is 3. The van der Waals surface area contributed by atoms with E-state index in [1.165, 1.54) is 0 Å². The van der Waals surface area contributed by atoms with Gasteiger partial charge in [-0.3, -0.25) is 0 Å². The number of aliphatic imine (C=N–C) groups is 1. The van der Waals surface area contributed by atoms with Gasteiger partial charge in [0.05, 0.1) is 22.6 Å². The number of halogens is 2. The molecule has 0 aliphatic heterocycles. The lowest BCUT2D eigenvalue weighted by molar-refractivity contribution is 0.643. The largest absolute Gasteiger partial charge is 0.369 e. The monoisotopic (exact) mass is 333 g/mol. The van der Waals surface area contributed by atoms with Crippen molar-refractivity contribution in [1.82, 2.24) is 4.90 Å². The first-order valence-corrected chi connectivity index (χ1v) is 5.60. The van der Waals surface area contributed by atoms with Gasteiger partial charge >= 0.3 is 0 Å². The highest BCUT2D eigenvalue weighted by atomic mass is 127. The van der Waals surface area contributed by atoms with Gasteiger partial charge in [0.2, 0.25) is 0 Å². The van der Waals surface area contributed by atoms with Crippen LogP contribution in [0, 0.1) is 14.9 Å². The maximum absolute atomic E-state index is 8.93. The van der Waals surface area contributed by atoms with Crippen LogP contribution in [0.15, 0.2) is 17.1 Å². The zero-order valence-corrected chi connectivity index (χ0v) is 11.2. The van der Waals surface area contributed by atoms with Crippen molar-refractivity contribution in [2.45, 2.75) is 0 Å². The summed E-state index contributed by atoms with van der Waals surface area (Å²) in [5, 5.41) is 9.37. The lowest BCUT2D eigenvalue weighted by Crippen LogP contribution is -2.07. The van der Waals surface area contributed by atoms with Crippen molar-refractivity contribution >= 4 is 46.2 Å². The molecule has 0 N–H and O–H groups in total. The molecular weight excluding hydrogens is 324 g/mol. The van der Waals surface area contributed by atoms with Crippen LogP contribution in [0.2, 0.25) is 5.02 Å². The molecule has 0 saturated carbocycles. The summed E-state index contributed by atoms with van der Waals surface area (Å²) in [5.41, 5.74) is 1.01. The van der Waals surface area contributed by atoms with Crippen LogP contribution in [0.4, 0.5) is 5.69 Å². The molecule has 0 unspecified atom stereocenters. The van der Waals surface area contributed by atoms with E-state index in [0.717, 1.165) is 3.57 Å². The fraction of sp³-hybridized carbons (Fsp3) is 0.200. The van der Waals surface area contributed by atoms with Gasteiger partial charge in [-0.25, -0.2) is 4.99 Å². The van der Waals surface area contributed by atoms with Crippen molar-refractivity contribution in [1.29, 1.82) is 5.26 Å². The van der Waals surface area contributed by atoms with Gasteiger partial charge in [0.15, 0.2) is 0 Å². The predicted octanol–water partition coefficient (Wildman–Crippen LogP) is 3.04. The lowest BCUT2D eigenvalue weighted by atomic mass is 10.2. The van der Waals surface area contributed by atoms with E-state index in [1.807, 2.05) is 26.2 Å². The van der Waals surface area contributed by atoms with Gasteiger partial charge in [-0.2, -0.15) is 5.26 Å². The molecule has 0 atom stereocenters. The minimum atomic E-state index is 0.412. The first kappa shape index (κ1) is 12.3. The Hall–Kier alpha value is -0.800. The summed E-state index contributed by atoms with van der Waals surface area (Å²) in [7, 11) is 3.73. The number of benzene rings is 1. The molecule has 3 nitrogen and oxygen atoms in total. The van der Waals surface area contributed by atoms with Gasteiger partial charge in [0, 0.05) is 17.7 Å². The molecular formula is C10H9ClIN3. The Balaban J connectivity index is 3.22. The predicted molar refractivity (Wildman–Crippen MR) is 70.7 cm³/mol. The van der Waals surface area contributed by atoms with Crippen molar-refractivity contribution < 1.29 is 0 Å². The molecule has 0 amide bonds. The van der Waals surface area contributed by atoms with E-state index in [-0.39, 0.29) is 0 Å². The molecule has 5 heteroatoms. The van der Waals surface area contributed by atoms with Crippen LogP contribution in [0.5, 0.6) is 0 Å². The van der Waals surface area contributed by atoms with Crippen LogP contribution < -0.4 is 0 Å². The summed E-state index contributed by atoms with van der Waals surface area (Å²) >= 11 is 8.08. The molecule has 0 saturated heterocycles. The quantitative estimate of drug-likeness (QED) is 0.474. The van der Waals surface area contributed by atoms with E-state index in [0.29, 0.717) is 16.3 Å². The van der Waals surface area contributed by atoms with Crippen molar-refractivity contribution in [2.75, 3.05) is 14.1 Å². The second kappa shape index (κ2) is 5.33. The second-order valence-electron chi connectivity index (χ2n) is 3.10. The Kier molecular flexibility index (Phi) is 4.36. The molecule has 1 aromatic rings. The Morgan fingerprint density at radius 3 is 2.73 bits per heavy atom. The van der Waals surface area contributed by atoms with Gasteiger partial charge < -0.3 is 4.90 Å². The van der Waals surface area contributed by atoms with Crippen molar-refractivity contribution in [3.8, 4) is 6.07 Å². The average Bonchev–Trinajstić information content (AvgIpc) is 2.13. The molecule has 78 valence electrons. The Morgan fingerprint density at radius 2 is 2.20 bits per heavy atom. The summed E-state index contributed by atoms with van der Waals surface area (Å²) in [6.07, 6.45) is 1.64. The average molecular weight is 334 g/mol. The van der Waals surface area contributed by atoms with E-state index >= 15 is 0 Å². The molecule has 0 spiro atoms. The van der Waals surface area contributed by atoms with E-state index in [9.17, 15) is 0 Å². The summed E-state index contributed by atoms with van der Waals surface area (Å²) in [5.74, 6) is 0. The second-order valence-corrected chi connectivity index (χ2v) is 4.75. The molecule has 0 aliphatic rings. The molecule has 0 aromatic heterocycles.